The van der Waals surface area contributed by atoms with Crippen LogP contribution >= 0.6 is 11.6 Å². The molecule has 1 N–H and O–H groups in total. The van der Waals surface area contributed by atoms with E-state index in [2.05, 4.69) is 19.8 Å². The average molecular weight is 407 g/mol. The molecule has 0 spiro atoms. The molecular weight excluding hydrogens is 388 g/mol. The zero-order valence-corrected chi connectivity index (χ0v) is 16.6. The first-order chi connectivity index (χ1) is 12.8. The summed E-state index contributed by atoms with van der Waals surface area (Å²) >= 11 is 6.07. The number of sulfonamides is 1. The molecule has 2 heterocycles. The van der Waals surface area contributed by atoms with E-state index in [0.29, 0.717) is 10.8 Å². The lowest BCUT2D eigenvalue weighted by Gasteiger charge is -2.18. The van der Waals surface area contributed by atoms with Gasteiger partial charge in [-0.25, -0.2) is 8.42 Å². The average Bonchev–Trinajstić information content (AvgIpc) is 3.12. The summed E-state index contributed by atoms with van der Waals surface area (Å²) in [6.45, 7) is 5.54. The van der Waals surface area contributed by atoms with E-state index in [4.69, 9.17) is 16.1 Å². The highest BCUT2D eigenvalue weighted by Crippen LogP contribution is 2.26. The Morgan fingerprint density at radius 3 is 2.48 bits per heavy atom. The molecule has 0 saturated carbocycles. The number of halogens is 1. The maximum atomic E-state index is 12.8. The highest BCUT2D eigenvalue weighted by Gasteiger charge is 2.29. The first kappa shape index (κ1) is 19.5. The van der Waals surface area contributed by atoms with E-state index in [9.17, 15) is 8.42 Å². The van der Waals surface area contributed by atoms with E-state index in [0.717, 1.165) is 11.1 Å². The molecule has 0 amide bonds. The van der Waals surface area contributed by atoms with Gasteiger partial charge in [0, 0.05) is 23.0 Å². The van der Waals surface area contributed by atoms with Crippen LogP contribution in [0.1, 0.15) is 31.3 Å². The second-order valence-electron chi connectivity index (χ2n) is 6.45. The van der Waals surface area contributed by atoms with Crippen LogP contribution in [0.5, 0.6) is 0 Å². The predicted octanol–water partition coefficient (Wildman–Crippen LogP) is 3.77. The summed E-state index contributed by atoms with van der Waals surface area (Å²) in [5.74, 6) is 0.445. The third-order valence-electron chi connectivity index (χ3n) is 4.05. The first-order valence-corrected chi connectivity index (χ1v) is 10.2. The molecule has 0 radical (unpaired) electrons. The molecule has 2 aromatic heterocycles. The van der Waals surface area contributed by atoms with E-state index in [1.54, 1.807) is 30.6 Å². The van der Waals surface area contributed by atoms with Crippen LogP contribution in [0.3, 0.4) is 0 Å². The Balaban J connectivity index is 1.90. The molecule has 0 saturated heterocycles. The smallest absolute Gasteiger partial charge is 0.245 e. The second kappa shape index (κ2) is 7.75. The van der Waals surface area contributed by atoms with E-state index in [-0.39, 0.29) is 16.7 Å². The van der Waals surface area contributed by atoms with Gasteiger partial charge in [-0.2, -0.15) is 9.71 Å². The van der Waals surface area contributed by atoms with Crippen molar-refractivity contribution >= 4 is 21.6 Å². The Morgan fingerprint density at radius 1 is 1.15 bits per heavy atom. The van der Waals surface area contributed by atoms with Crippen molar-refractivity contribution in [1.29, 1.82) is 0 Å². The number of pyridine rings is 1. The zero-order chi connectivity index (χ0) is 19.6. The van der Waals surface area contributed by atoms with Crippen molar-refractivity contribution in [3.05, 3.63) is 59.2 Å². The van der Waals surface area contributed by atoms with Gasteiger partial charge in [0.15, 0.2) is 0 Å². The molecule has 0 bridgehead atoms. The van der Waals surface area contributed by atoms with Crippen molar-refractivity contribution in [3.63, 3.8) is 0 Å². The molecule has 0 aliphatic carbocycles. The van der Waals surface area contributed by atoms with Crippen molar-refractivity contribution in [3.8, 4) is 11.4 Å². The van der Waals surface area contributed by atoms with Crippen molar-refractivity contribution in [2.24, 2.45) is 5.92 Å². The fourth-order valence-electron chi connectivity index (χ4n) is 2.43. The molecule has 0 aliphatic rings. The van der Waals surface area contributed by atoms with E-state index < -0.39 is 16.1 Å². The fourth-order valence-corrected chi connectivity index (χ4v) is 4.04. The first-order valence-electron chi connectivity index (χ1n) is 8.30. The van der Waals surface area contributed by atoms with Gasteiger partial charge in [0.2, 0.25) is 21.7 Å². The lowest BCUT2D eigenvalue weighted by Crippen LogP contribution is -2.32. The SMILES string of the molecule is Cc1ccc(S(=O)(=O)NC(c2nc(-c3ccncc3)no2)C(C)C)cc1Cl. The Morgan fingerprint density at radius 2 is 1.85 bits per heavy atom. The number of hydrogen-bond acceptors (Lipinski definition) is 6. The summed E-state index contributed by atoms with van der Waals surface area (Å²) in [5, 5.41) is 4.33. The third kappa shape index (κ3) is 4.35. The number of nitrogens with zero attached hydrogens (tertiary/aromatic N) is 3. The molecule has 3 rings (SSSR count). The van der Waals surface area contributed by atoms with Crippen LogP contribution in [0.4, 0.5) is 0 Å². The van der Waals surface area contributed by atoms with Gasteiger partial charge in [0.05, 0.1) is 4.90 Å². The van der Waals surface area contributed by atoms with Crippen molar-refractivity contribution < 1.29 is 12.9 Å². The van der Waals surface area contributed by atoms with Crippen LogP contribution in [-0.2, 0) is 10.0 Å². The molecule has 0 fully saturated rings. The van der Waals surface area contributed by atoms with Gasteiger partial charge >= 0.3 is 0 Å². The van der Waals surface area contributed by atoms with Gasteiger partial charge in [0.25, 0.3) is 0 Å². The van der Waals surface area contributed by atoms with Crippen molar-refractivity contribution in [1.82, 2.24) is 19.8 Å². The van der Waals surface area contributed by atoms with Crippen LogP contribution in [0, 0.1) is 12.8 Å². The minimum Gasteiger partial charge on any atom is -0.337 e. The second-order valence-corrected chi connectivity index (χ2v) is 8.57. The van der Waals surface area contributed by atoms with Gasteiger partial charge in [0.1, 0.15) is 6.04 Å². The Kier molecular flexibility index (Phi) is 5.59. The molecule has 1 atom stereocenters. The number of nitrogens with one attached hydrogen (secondary N) is 1. The summed E-state index contributed by atoms with van der Waals surface area (Å²) < 4.78 is 33.6. The van der Waals surface area contributed by atoms with Crippen LogP contribution < -0.4 is 4.72 Å². The molecule has 3 aromatic rings. The Hall–Kier alpha value is -2.29. The maximum Gasteiger partial charge on any atom is 0.245 e. The maximum absolute atomic E-state index is 12.8. The summed E-state index contributed by atoms with van der Waals surface area (Å²) in [6, 6.07) is 7.41. The van der Waals surface area contributed by atoms with Gasteiger partial charge < -0.3 is 4.52 Å². The zero-order valence-electron chi connectivity index (χ0n) is 15.0. The number of aromatic nitrogens is 3. The van der Waals surface area contributed by atoms with Crippen molar-refractivity contribution in [2.45, 2.75) is 31.7 Å². The normalized spacial score (nSPS) is 13.1. The van der Waals surface area contributed by atoms with Gasteiger partial charge in [-0.05, 0) is 42.7 Å². The number of rotatable bonds is 6. The summed E-state index contributed by atoms with van der Waals surface area (Å²) in [6.07, 6.45) is 3.24. The number of aryl methyl sites for hydroxylation is 1. The molecule has 27 heavy (non-hydrogen) atoms. The minimum absolute atomic E-state index is 0.0811. The molecule has 0 aliphatic heterocycles. The molecular formula is C18H19ClN4O3S. The lowest BCUT2D eigenvalue weighted by molar-refractivity contribution is 0.311. The van der Waals surface area contributed by atoms with Gasteiger partial charge in [-0.3, -0.25) is 4.98 Å². The van der Waals surface area contributed by atoms with Crippen LogP contribution in [0.2, 0.25) is 5.02 Å². The summed E-state index contributed by atoms with van der Waals surface area (Å²) in [4.78, 5) is 8.38. The van der Waals surface area contributed by atoms with Crippen LogP contribution in [0.25, 0.3) is 11.4 Å². The standard InChI is InChI=1S/C18H19ClN4O3S/c1-11(2)16(18-21-17(22-26-18)13-6-8-20-9-7-13)23-27(24,25)14-5-4-12(3)15(19)10-14/h4-11,16,23H,1-3H3. The van der Waals surface area contributed by atoms with Crippen LogP contribution in [-0.4, -0.2) is 23.5 Å². The summed E-state index contributed by atoms with van der Waals surface area (Å²) in [5.41, 5.74) is 1.53. The Labute approximate surface area is 162 Å². The van der Waals surface area contributed by atoms with Crippen LogP contribution in [0.15, 0.2) is 52.1 Å². The molecule has 7 nitrogen and oxygen atoms in total. The van der Waals surface area contributed by atoms with E-state index >= 15 is 0 Å². The minimum atomic E-state index is -3.82. The van der Waals surface area contributed by atoms with Crippen molar-refractivity contribution in [2.75, 3.05) is 0 Å². The third-order valence-corrected chi connectivity index (χ3v) is 5.89. The predicted molar refractivity (Wildman–Crippen MR) is 102 cm³/mol. The molecule has 1 aromatic carbocycles. The topological polar surface area (TPSA) is 98.0 Å². The summed E-state index contributed by atoms with van der Waals surface area (Å²) in [7, 11) is -3.82. The monoisotopic (exact) mass is 406 g/mol. The van der Waals surface area contributed by atoms with E-state index in [1.165, 1.54) is 12.1 Å². The number of benzene rings is 1. The quantitative estimate of drug-likeness (QED) is 0.669. The highest BCUT2D eigenvalue weighted by atomic mass is 35.5. The lowest BCUT2D eigenvalue weighted by atomic mass is 10.1. The van der Waals surface area contributed by atoms with Gasteiger partial charge in [-0.15, -0.1) is 0 Å². The van der Waals surface area contributed by atoms with E-state index in [1.807, 2.05) is 20.8 Å². The molecule has 142 valence electrons. The highest BCUT2D eigenvalue weighted by molar-refractivity contribution is 7.89. The largest absolute Gasteiger partial charge is 0.337 e. The fraction of sp³-hybridized carbons (Fsp3) is 0.278. The number of hydrogen-bond donors (Lipinski definition) is 1. The van der Waals surface area contributed by atoms with Gasteiger partial charge in [-0.1, -0.05) is 36.7 Å². The molecule has 9 heteroatoms. The Bertz CT molecular complexity index is 1040. The molecule has 1 unspecified atom stereocenters.